The van der Waals surface area contributed by atoms with Crippen LogP contribution in [0.5, 0.6) is 0 Å². The molecule has 2 fully saturated rings. The summed E-state index contributed by atoms with van der Waals surface area (Å²) in [4.78, 5) is 15.1. The van der Waals surface area contributed by atoms with Gasteiger partial charge in [0.05, 0.1) is 0 Å². The van der Waals surface area contributed by atoms with Crippen LogP contribution in [0.2, 0.25) is 0 Å². The van der Waals surface area contributed by atoms with E-state index in [-0.39, 0.29) is 5.92 Å². The summed E-state index contributed by atoms with van der Waals surface area (Å²) in [6.07, 6.45) is 4.30. The number of nitrogens with zero attached hydrogens (tertiary/aromatic N) is 1. The highest BCUT2D eigenvalue weighted by Gasteiger charge is 2.46. The van der Waals surface area contributed by atoms with Crippen molar-refractivity contribution in [3.8, 4) is 0 Å². The first-order valence-electron chi connectivity index (χ1n) is 8.37. The summed E-state index contributed by atoms with van der Waals surface area (Å²) in [6.45, 7) is 5.18. The fourth-order valence-corrected chi connectivity index (χ4v) is 3.58. The smallest absolute Gasteiger partial charge is 0.226 e. The van der Waals surface area contributed by atoms with Gasteiger partial charge in [-0.05, 0) is 50.3 Å². The summed E-state index contributed by atoms with van der Waals surface area (Å²) in [6, 6.07) is 11.0. The van der Waals surface area contributed by atoms with Crippen LogP contribution in [0.4, 0.5) is 0 Å². The molecule has 1 saturated heterocycles. The first-order valence-corrected chi connectivity index (χ1v) is 8.37. The van der Waals surface area contributed by atoms with Crippen LogP contribution in [0.1, 0.15) is 44.1 Å². The third kappa shape index (κ3) is 3.29. The van der Waals surface area contributed by atoms with Crippen LogP contribution in [0, 0.1) is 5.92 Å². The third-order valence-corrected chi connectivity index (χ3v) is 4.83. The van der Waals surface area contributed by atoms with E-state index in [1.807, 2.05) is 6.07 Å². The molecule has 21 heavy (non-hydrogen) atoms. The Bertz CT molecular complexity index is 467. The Hall–Kier alpha value is -1.35. The zero-order valence-corrected chi connectivity index (χ0v) is 12.9. The Morgan fingerprint density at radius 1 is 1.24 bits per heavy atom. The number of carbonyl (C=O) groups excluding carboxylic acids is 1. The van der Waals surface area contributed by atoms with Crippen LogP contribution in [-0.2, 0) is 4.79 Å². The Morgan fingerprint density at radius 3 is 2.62 bits per heavy atom. The molecule has 1 aromatic rings. The molecule has 1 N–H and O–H groups in total. The number of benzene rings is 1. The molecule has 1 heterocycles. The van der Waals surface area contributed by atoms with Crippen molar-refractivity contribution in [1.29, 1.82) is 0 Å². The van der Waals surface area contributed by atoms with Gasteiger partial charge in [0, 0.05) is 18.5 Å². The minimum atomic E-state index is 0.230. The lowest BCUT2D eigenvalue weighted by molar-refractivity contribution is -0.135. The maximum atomic E-state index is 12.9. The molecular weight excluding hydrogens is 260 g/mol. The monoisotopic (exact) mass is 286 g/mol. The largest absolute Gasteiger partial charge is 0.339 e. The highest BCUT2D eigenvalue weighted by molar-refractivity contribution is 5.83. The lowest BCUT2D eigenvalue weighted by Gasteiger charge is -2.35. The molecule has 3 rings (SSSR count). The second kappa shape index (κ2) is 6.61. The maximum Gasteiger partial charge on any atom is 0.226 e. The summed E-state index contributed by atoms with van der Waals surface area (Å²) < 4.78 is 0. The summed E-state index contributed by atoms with van der Waals surface area (Å²) in [5, 5.41) is 3.39. The van der Waals surface area contributed by atoms with Crippen molar-refractivity contribution >= 4 is 5.91 Å². The predicted octanol–water partition coefficient (Wildman–Crippen LogP) is 2.78. The van der Waals surface area contributed by atoms with E-state index in [0.717, 1.165) is 45.3 Å². The molecule has 3 nitrogen and oxygen atoms in total. The molecule has 1 aliphatic heterocycles. The lowest BCUT2D eigenvalue weighted by atomic mass is 10.0. The molecule has 1 aromatic carbocycles. The van der Waals surface area contributed by atoms with Gasteiger partial charge in [-0.1, -0.05) is 37.3 Å². The van der Waals surface area contributed by atoms with E-state index in [1.165, 1.54) is 5.56 Å². The lowest BCUT2D eigenvalue weighted by Crippen LogP contribution is -2.47. The first kappa shape index (κ1) is 14.6. The number of rotatable bonds is 5. The zero-order chi connectivity index (χ0) is 14.7. The summed E-state index contributed by atoms with van der Waals surface area (Å²) in [5.41, 5.74) is 1.33. The Kier molecular flexibility index (Phi) is 4.59. The van der Waals surface area contributed by atoms with Gasteiger partial charge >= 0.3 is 0 Å². The van der Waals surface area contributed by atoms with E-state index in [0.29, 0.717) is 17.9 Å². The average Bonchev–Trinajstić information content (AvgIpc) is 3.34. The van der Waals surface area contributed by atoms with Crippen molar-refractivity contribution in [2.75, 3.05) is 19.6 Å². The van der Waals surface area contributed by atoms with Crippen LogP contribution in [0.25, 0.3) is 0 Å². The third-order valence-electron chi connectivity index (χ3n) is 4.83. The van der Waals surface area contributed by atoms with Crippen molar-refractivity contribution in [2.24, 2.45) is 5.92 Å². The highest BCUT2D eigenvalue weighted by Crippen LogP contribution is 2.48. The van der Waals surface area contributed by atoms with Gasteiger partial charge < -0.3 is 10.2 Å². The molecule has 1 saturated carbocycles. The van der Waals surface area contributed by atoms with Crippen molar-refractivity contribution in [3.63, 3.8) is 0 Å². The maximum absolute atomic E-state index is 12.9. The Balaban J connectivity index is 1.65. The van der Waals surface area contributed by atoms with Crippen molar-refractivity contribution in [2.45, 2.75) is 44.6 Å². The molecule has 0 spiro atoms. The highest BCUT2D eigenvalue weighted by atomic mass is 16.2. The zero-order valence-electron chi connectivity index (χ0n) is 12.9. The minimum Gasteiger partial charge on any atom is -0.339 e. The second-order valence-corrected chi connectivity index (χ2v) is 6.37. The predicted molar refractivity (Wildman–Crippen MR) is 85.2 cm³/mol. The van der Waals surface area contributed by atoms with Crippen molar-refractivity contribution < 1.29 is 4.79 Å². The summed E-state index contributed by atoms with van der Waals surface area (Å²) in [7, 11) is 0. The van der Waals surface area contributed by atoms with Crippen LogP contribution in [0.3, 0.4) is 0 Å². The SMILES string of the molecule is CCCN(C(=O)C1CC1c1ccccc1)C1CCNCC1. The van der Waals surface area contributed by atoms with Gasteiger partial charge in [-0.3, -0.25) is 4.79 Å². The fourth-order valence-electron chi connectivity index (χ4n) is 3.58. The van der Waals surface area contributed by atoms with E-state index in [2.05, 4.69) is 41.4 Å². The average molecular weight is 286 g/mol. The van der Waals surface area contributed by atoms with E-state index in [1.54, 1.807) is 0 Å². The first-order chi connectivity index (χ1) is 10.3. The number of hydrogen-bond acceptors (Lipinski definition) is 2. The molecule has 0 bridgehead atoms. The normalized spacial score (nSPS) is 25.6. The van der Waals surface area contributed by atoms with E-state index in [4.69, 9.17) is 0 Å². The summed E-state index contributed by atoms with van der Waals surface area (Å²) >= 11 is 0. The molecule has 2 atom stereocenters. The van der Waals surface area contributed by atoms with Gasteiger partial charge in [-0.25, -0.2) is 0 Å². The molecule has 1 amide bonds. The number of hydrogen-bond donors (Lipinski definition) is 1. The van der Waals surface area contributed by atoms with Gasteiger partial charge in [0.1, 0.15) is 0 Å². The van der Waals surface area contributed by atoms with E-state index >= 15 is 0 Å². The molecule has 1 aliphatic carbocycles. The van der Waals surface area contributed by atoms with Gasteiger partial charge in [0.25, 0.3) is 0 Å². The van der Waals surface area contributed by atoms with Gasteiger partial charge in [-0.2, -0.15) is 0 Å². The summed E-state index contributed by atoms with van der Waals surface area (Å²) in [5.74, 6) is 1.09. The number of carbonyl (C=O) groups is 1. The molecular formula is C18H26N2O. The van der Waals surface area contributed by atoms with Gasteiger partial charge in [0.15, 0.2) is 0 Å². The van der Waals surface area contributed by atoms with Crippen LogP contribution in [-0.4, -0.2) is 36.5 Å². The molecule has 2 aliphatic rings. The Morgan fingerprint density at radius 2 is 1.95 bits per heavy atom. The van der Waals surface area contributed by atoms with Gasteiger partial charge in [-0.15, -0.1) is 0 Å². The molecule has 0 radical (unpaired) electrons. The quantitative estimate of drug-likeness (QED) is 0.902. The van der Waals surface area contributed by atoms with Gasteiger partial charge in [0.2, 0.25) is 5.91 Å². The molecule has 0 aromatic heterocycles. The van der Waals surface area contributed by atoms with Crippen LogP contribution in [0.15, 0.2) is 30.3 Å². The van der Waals surface area contributed by atoms with E-state index in [9.17, 15) is 4.79 Å². The standard InChI is InChI=1S/C18H26N2O/c1-2-12-20(15-8-10-19-11-9-15)18(21)17-13-16(17)14-6-4-3-5-7-14/h3-7,15-17,19H,2,8-13H2,1H3. The topological polar surface area (TPSA) is 32.3 Å². The van der Waals surface area contributed by atoms with Crippen molar-refractivity contribution in [1.82, 2.24) is 10.2 Å². The second-order valence-electron chi connectivity index (χ2n) is 6.37. The number of amides is 1. The molecule has 114 valence electrons. The van der Waals surface area contributed by atoms with E-state index < -0.39 is 0 Å². The Labute approximate surface area is 127 Å². The number of nitrogens with one attached hydrogen (secondary N) is 1. The molecule has 2 unspecified atom stereocenters. The van der Waals surface area contributed by atoms with Crippen molar-refractivity contribution in [3.05, 3.63) is 35.9 Å². The molecule has 3 heteroatoms. The fraction of sp³-hybridized carbons (Fsp3) is 0.611. The number of piperidine rings is 1. The van der Waals surface area contributed by atoms with Crippen LogP contribution >= 0.6 is 0 Å². The minimum absolute atomic E-state index is 0.230. The van der Waals surface area contributed by atoms with Crippen LogP contribution < -0.4 is 5.32 Å².